The first-order valence-corrected chi connectivity index (χ1v) is 10.8. The molecule has 160 valence electrons. The van der Waals surface area contributed by atoms with Crippen LogP contribution in [-0.4, -0.2) is 52.4 Å². The third kappa shape index (κ3) is 5.79. The third-order valence-corrected chi connectivity index (χ3v) is 5.46. The van der Waals surface area contributed by atoms with Crippen LogP contribution in [0.2, 0.25) is 0 Å². The number of hydrogen-bond acceptors (Lipinski definition) is 7. The zero-order chi connectivity index (χ0) is 21.8. The van der Waals surface area contributed by atoms with Crippen LogP contribution in [0.4, 0.5) is 0 Å². The van der Waals surface area contributed by atoms with Crippen molar-refractivity contribution < 1.29 is 43.3 Å². The van der Waals surface area contributed by atoms with E-state index in [4.69, 9.17) is 19.3 Å². The summed E-state index contributed by atoms with van der Waals surface area (Å²) in [5.41, 5.74) is 1.65. The standard InChI is InChI=1S/C18H24NO9P/c1-10-13-9-28-18(23)15(13)16(22)12(17(10)27-2)5-3-11(20)4-6-14(21)19-7-8-29(24,25)26/h22H,3-9H2,1-2H3,(H,19,21)(H2,24,25,26). The molecule has 0 saturated carbocycles. The summed E-state index contributed by atoms with van der Waals surface area (Å²) >= 11 is 0. The highest BCUT2D eigenvalue weighted by Crippen LogP contribution is 2.42. The number of amides is 1. The van der Waals surface area contributed by atoms with Gasteiger partial charge in [-0.05, 0) is 18.9 Å². The highest BCUT2D eigenvalue weighted by atomic mass is 31.2. The molecule has 2 rings (SSSR count). The van der Waals surface area contributed by atoms with Crippen LogP contribution in [0.15, 0.2) is 0 Å². The average Bonchev–Trinajstić information content (AvgIpc) is 3.02. The summed E-state index contributed by atoms with van der Waals surface area (Å²) in [5, 5.41) is 12.8. The van der Waals surface area contributed by atoms with Crippen molar-refractivity contribution in [2.75, 3.05) is 19.8 Å². The van der Waals surface area contributed by atoms with Crippen molar-refractivity contribution in [3.05, 3.63) is 22.3 Å². The molecule has 1 aliphatic rings. The highest BCUT2D eigenvalue weighted by Gasteiger charge is 2.32. The van der Waals surface area contributed by atoms with Crippen molar-refractivity contribution in [3.63, 3.8) is 0 Å². The summed E-state index contributed by atoms with van der Waals surface area (Å²) in [6.45, 7) is 1.62. The molecule has 10 nitrogen and oxygen atoms in total. The number of esters is 1. The van der Waals surface area contributed by atoms with Crippen molar-refractivity contribution in [1.29, 1.82) is 0 Å². The van der Waals surface area contributed by atoms with E-state index in [1.807, 2.05) is 0 Å². The van der Waals surface area contributed by atoms with Gasteiger partial charge in [-0.1, -0.05) is 0 Å². The lowest BCUT2D eigenvalue weighted by molar-refractivity contribution is -0.125. The van der Waals surface area contributed by atoms with E-state index < -0.39 is 25.6 Å². The monoisotopic (exact) mass is 429 g/mol. The first kappa shape index (κ1) is 22.9. The van der Waals surface area contributed by atoms with Crippen molar-refractivity contribution in [1.82, 2.24) is 5.32 Å². The lowest BCUT2D eigenvalue weighted by Crippen LogP contribution is -2.26. The normalized spacial score (nSPS) is 13.0. The summed E-state index contributed by atoms with van der Waals surface area (Å²) in [6, 6.07) is 0. The van der Waals surface area contributed by atoms with Gasteiger partial charge in [0, 0.05) is 36.9 Å². The first-order valence-electron chi connectivity index (χ1n) is 8.96. The molecule has 1 aromatic carbocycles. The summed E-state index contributed by atoms with van der Waals surface area (Å²) < 4.78 is 21.0. The van der Waals surface area contributed by atoms with E-state index in [1.54, 1.807) is 6.92 Å². The van der Waals surface area contributed by atoms with Gasteiger partial charge in [0.1, 0.15) is 29.5 Å². The summed E-state index contributed by atoms with van der Waals surface area (Å²) in [4.78, 5) is 53.1. The molecule has 0 aromatic heterocycles. The maximum absolute atomic E-state index is 12.1. The quantitative estimate of drug-likeness (QED) is 0.314. The predicted octanol–water partition coefficient (Wildman–Crippen LogP) is 0.955. The SMILES string of the molecule is COc1c(C)c2c(c(O)c1CCC(=O)CCC(=O)NCCP(=O)(O)O)C(=O)OC2. The molecule has 0 radical (unpaired) electrons. The molecule has 1 aromatic rings. The van der Waals surface area contributed by atoms with Crippen LogP contribution in [0.1, 0.15) is 46.3 Å². The molecule has 1 heterocycles. The van der Waals surface area contributed by atoms with Crippen molar-refractivity contribution in [3.8, 4) is 11.5 Å². The molecule has 1 aliphatic heterocycles. The van der Waals surface area contributed by atoms with Gasteiger partial charge >= 0.3 is 13.6 Å². The number of methoxy groups -OCH3 is 1. The number of phenols is 1. The molecular formula is C18H24NO9P. The fraction of sp³-hybridized carbons (Fsp3) is 0.500. The molecule has 0 atom stereocenters. The van der Waals surface area contributed by atoms with Gasteiger partial charge in [-0.2, -0.15) is 0 Å². The van der Waals surface area contributed by atoms with Crippen LogP contribution in [0.5, 0.6) is 11.5 Å². The Hall–Kier alpha value is -2.42. The predicted molar refractivity (Wildman–Crippen MR) is 101 cm³/mol. The molecule has 0 unspecified atom stereocenters. The summed E-state index contributed by atoms with van der Waals surface area (Å²) in [7, 11) is -2.75. The van der Waals surface area contributed by atoms with E-state index in [0.29, 0.717) is 22.4 Å². The van der Waals surface area contributed by atoms with Gasteiger partial charge in [0.15, 0.2) is 0 Å². The Kier molecular flexibility index (Phi) is 7.40. The average molecular weight is 429 g/mol. The van der Waals surface area contributed by atoms with E-state index in [2.05, 4.69) is 5.32 Å². The van der Waals surface area contributed by atoms with Crippen LogP contribution in [-0.2, 0) is 31.9 Å². The molecule has 0 bridgehead atoms. The number of phenolic OH excluding ortho intramolecular Hbond substituents is 1. The minimum atomic E-state index is -4.18. The Labute approximate surface area is 167 Å². The van der Waals surface area contributed by atoms with Gasteiger partial charge in [0.05, 0.1) is 13.3 Å². The lowest BCUT2D eigenvalue weighted by atomic mass is 9.94. The van der Waals surface area contributed by atoms with Gasteiger partial charge in [0.25, 0.3) is 0 Å². The molecule has 0 saturated heterocycles. The molecule has 0 aliphatic carbocycles. The molecule has 29 heavy (non-hydrogen) atoms. The Bertz CT molecular complexity index is 875. The molecule has 11 heteroatoms. The van der Waals surface area contributed by atoms with Crippen LogP contribution in [0.25, 0.3) is 0 Å². The molecule has 0 fully saturated rings. The zero-order valence-corrected chi connectivity index (χ0v) is 17.1. The number of hydrogen-bond donors (Lipinski definition) is 4. The van der Waals surface area contributed by atoms with Crippen LogP contribution < -0.4 is 10.1 Å². The number of benzene rings is 1. The maximum atomic E-state index is 12.1. The minimum absolute atomic E-state index is 0.0208. The van der Waals surface area contributed by atoms with Crippen LogP contribution >= 0.6 is 7.60 Å². The van der Waals surface area contributed by atoms with Crippen molar-refractivity contribution in [2.24, 2.45) is 0 Å². The Morgan fingerprint density at radius 2 is 1.93 bits per heavy atom. The van der Waals surface area contributed by atoms with Crippen molar-refractivity contribution in [2.45, 2.75) is 39.2 Å². The molecular weight excluding hydrogens is 405 g/mol. The van der Waals surface area contributed by atoms with E-state index in [9.17, 15) is 24.1 Å². The minimum Gasteiger partial charge on any atom is -0.507 e. The molecule has 4 N–H and O–H groups in total. The number of ketones is 1. The van der Waals surface area contributed by atoms with E-state index in [0.717, 1.165) is 0 Å². The second kappa shape index (κ2) is 9.39. The smallest absolute Gasteiger partial charge is 0.342 e. The Balaban J connectivity index is 1.94. The molecule has 0 spiro atoms. The Morgan fingerprint density at radius 1 is 1.24 bits per heavy atom. The zero-order valence-electron chi connectivity index (χ0n) is 16.2. The number of cyclic esters (lactones) is 1. The largest absolute Gasteiger partial charge is 0.507 e. The number of ether oxygens (including phenoxy) is 2. The van der Waals surface area contributed by atoms with E-state index in [-0.39, 0.29) is 55.9 Å². The number of Topliss-reactive ketones (excluding diaryl/α,β-unsaturated/α-hetero) is 1. The van der Waals surface area contributed by atoms with Gasteiger partial charge in [-0.15, -0.1) is 0 Å². The number of carbonyl (C=O) groups is 3. The maximum Gasteiger partial charge on any atom is 0.342 e. The highest BCUT2D eigenvalue weighted by molar-refractivity contribution is 7.51. The summed E-state index contributed by atoms with van der Waals surface area (Å²) in [6.07, 6.45) is -0.497. The van der Waals surface area contributed by atoms with Crippen LogP contribution in [0, 0.1) is 6.92 Å². The number of rotatable bonds is 10. The number of carbonyl (C=O) groups excluding carboxylic acids is 3. The van der Waals surface area contributed by atoms with Gasteiger partial charge in [-0.25, -0.2) is 4.79 Å². The van der Waals surface area contributed by atoms with Gasteiger partial charge in [0.2, 0.25) is 5.91 Å². The summed E-state index contributed by atoms with van der Waals surface area (Å²) in [5.74, 6) is -1.21. The fourth-order valence-electron chi connectivity index (χ4n) is 3.14. The van der Waals surface area contributed by atoms with Crippen LogP contribution in [0.3, 0.4) is 0 Å². The van der Waals surface area contributed by atoms with Gasteiger partial charge < -0.3 is 29.7 Å². The third-order valence-electron chi connectivity index (χ3n) is 4.66. The molecule has 1 amide bonds. The van der Waals surface area contributed by atoms with E-state index in [1.165, 1.54) is 7.11 Å². The lowest BCUT2D eigenvalue weighted by Gasteiger charge is -2.16. The fourth-order valence-corrected chi connectivity index (χ4v) is 3.55. The number of nitrogens with one attached hydrogen (secondary N) is 1. The van der Waals surface area contributed by atoms with Gasteiger partial charge in [-0.3, -0.25) is 14.2 Å². The number of aromatic hydroxyl groups is 1. The second-order valence-electron chi connectivity index (χ2n) is 6.69. The number of fused-ring (bicyclic) bond motifs is 1. The topological polar surface area (TPSA) is 159 Å². The van der Waals surface area contributed by atoms with Crippen molar-refractivity contribution >= 4 is 25.3 Å². The Morgan fingerprint density at radius 3 is 2.55 bits per heavy atom. The van der Waals surface area contributed by atoms with E-state index >= 15 is 0 Å². The first-order chi connectivity index (χ1) is 13.5. The second-order valence-corrected chi connectivity index (χ2v) is 8.47.